The van der Waals surface area contributed by atoms with Gasteiger partial charge in [-0.05, 0) is 25.2 Å². The molecule has 17 atom stereocenters. The summed E-state index contributed by atoms with van der Waals surface area (Å²) in [7, 11) is 0. The van der Waals surface area contributed by atoms with Gasteiger partial charge in [0.2, 0.25) is 0 Å². The SMILES string of the molecule is CC1=C[C@H](O)[C@@H](O)[C@]2(C)[C@H]3[C@]4(O)OC[C@]35[C@H]([C@@H](C)[C@H]4O)[C@@H](O[C@@H]3O[C@H](CO)[C@@H](O)[C@H](O)[C@H]3O)C(=O)O[C@@H]5C[C@@H]12. The van der Waals surface area contributed by atoms with E-state index < -0.39 is 114 Å². The highest BCUT2D eigenvalue weighted by Gasteiger charge is 2.83. The summed E-state index contributed by atoms with van der Waals surface area (Å²) in [5.41, 5.74) is -1.60. The highest BCUT2D eigenvalue weighted by molar-refractivity contribution is 5.77. The van der Waals surface area contributed by atoms with Crippen molar-refractivity contribution in [2.24, 2.45) is 34.5 Å². The summed E-state index contributed by atoms with van der Waals surface area (Å²) in [6.07, 6.45) is -12.6. The monoisotopic (exact) mass is 558 g/mol. The Kier molecular flexibility index (Phi) is 6.36. The molecule has 0 aromatic rings. The van der Waals surface area contributed by atoms with Crippen molar-refractivity contribution in [3.63, 3.8) is 0 Å². The van der Waals surface area contributed by atoms with Crippen LogP contribution in [0.4, 0.5) is 0 Å². The van der Waals surface area contributed by atoms with Crippen LogP contribution in [0.25, 0.3) is 0 Å². The van der Waals surface area contributed by atoms with E-state index in [2.05, 4.69) is 0 Å². The van der Waals surface area contributed by atoms with Gasteiger partial charge >= 0.3 is 5.97 Å². The molecule has 0 aromatic heterocycles. The number of carbonyl (C=O) groups excluding carboxylic acids is 1. The second-order valence-electron chi connectivity index (χ2n) is 12.6. The molecule has 3 aliphatic heterocycles. The number of allylic oxidation sites excluding steroid dienone is 1. The van der Waals surface area contributed by atoms with Gasteiger partial charge in [0.15, 0.2) is 18.2 Å². The third-order valence-electron chi connectivity index (χ3n) is 10.9. The molecule has 2 bridgehead atoms. The molecule has 6 aliphatic rings. The van der Waals surface area contributed by atoms with Gasteiger partial charge in [0.25, 0.3) is 0 Å². The first-order valence-electron chi connectivity index (χ1n) is 13.5. The molecule has 0 amide bonds. The average Bonchev–Trinajstić information content (AvgIpc) is 3.18. The minimum absolute atomic E-state index is 0.138. The van der Waals surface area contributed by atoms with Crippen LogP contribution in [0.3, 0.4) is 0 Å². The smallest absolute Gasteiger partial charge is 0.336 e. The Morgan fingerprint density at radius 1 is 1.08 bits per heavy atom. The maximum Gasteiger partial charge on any atom is 0.336 e. The molecule has 6 rings (SSSR count). The van der Waals surface area contributed by atoms with Crippen LogP contribution >= 0.6 is 0 Å². The first-order chi connectivity index (χ1) is 18.2. The van der Waals surface area contributed by atoms with Gasteiger partial charge in [0.05, 0.1) is 25.4 Å². The van der Waals surface area contributed by atoms with Crippen molar-refractivity contribution in [1.29, 1.82) is 0 Å². The molecule has 3 aliphatic carbocycles. The quantitative estimate of drug-likeness (QED) is 0.126. The lowest BCUT2D eigenvalue weighted by Gasteiger charge is -2.68. The van der Waals surface area contributed by atoms with Crippen molar-refractivity contribution in [1.82, 2.24) is 0 Å². The number of aliphatic hydroxyl groups is 8. The molecule has 0 unspecified atom stereocenters. The first-order valence-corrected chi connectivity index (χ1v) is 13.5. The number of esters is 1. The lowest BCUT2D eigenvalue weighted by atomic mass is 9.38. The minimum Gasteiger partial charge on any atom is -0.460 e. The third kappa shape index (κ3) is 3.32. The molecular formula is C26H38O13. The van der Waals surface area contributed by atoms with Gasteiger partial charge < -0.3 is 59.8 Å². The van der Waals surface area contributed by atoms with E-state index in [1.807, 2.05) is 0 Å². The summed E-state index contributed by atoms with van der Waals surface area (Å²) in [5, 5.41) is 86.1. The predicted octanol–water partition coefficient (Wildman–Crippen LogP) is -3.25. The van der Waals surface area contributed by atoms with Crippen molar-refractivity contribution in [2.75, 3.05) is 13.2 Å². The van der Waals surface area contributed by atoms with Crippen LogP contribution in [0.1, 0.15) is 27.2 Å². The third-order valence-corrected chi connectivity index (χ3v) is 10.9. The van der Waals surface area contributed by atoms with Crippen LogP contribution in [0, 0.1) is 34.5 Å². The topological polar surface area (TPSA) is 216 Å². The highest BCUT2D eigenvalue weighted by Crippen LogP contribution is 2.74. The van der Waals surface area contributed by atoms with Crippen molar-refractivity contribution in [3.05, 3.63) is 11.6 Å². The molecule has 3 heterocycles. The van der Waals surface area contributed by atoms with Crippen molar-refractivity contribution in [2.45, 2.75) is 94.2 Å². The van der Waals surface area contributed by atoms with E-state index in [4.69, 9.17) is 18.9 Å². The molecule has 1 spiro atoms. The van der Waals surface area contributed by atoms with E-state index in [1.54, 1.807) is 26.8 Å². The number of ether oxygens (including phenoxy) is 4. The number of aliphatic hydroxyl groups excluding tert-OH is 7. The normalized spacial score (nSPS) is 60.2. The fraction of sp³-hybridized carbons (Fsp3) is 0.885. The zero-order chi connectivity index (χ0) is 28.4. The van der Waals surface area contributed by atoms with Crippen LogP contribution in [0.5, 0.6) is 0 Å². The Hall–Kier alpha value is -1.23. The summed E-state index contributed by atoms with van der Waals surface area (Å²) < 4.78 is 23.4. The van der Waals surface area contributed by atoms with Gasteiger partial charge in [-0.15, -0.1) is 0 Å². The molecule has 3 saturated heterocycles. The van der Waals surface area contributed by atoms with Crippen LogP contribution in [0.2, 0.25) is 0 Å². The molecule has 220 valence electrons. The van der Waals surface area contributed by atoms with E-state index in [0.29, 0.717) is 0 Å². The second kappa shape index (κ2) is 8.88. The standard InChI is InChI=1S/C26H38O13/c1-8-4-11(28)20(33)24(3)10(8)5-13-25-7-36-26(35,23(24)25)19(32)9(2)14(25)18(21(34)38-13)39-22-17(31)16(30)15(29)12(6-27)37-22/h4,9-20,22-23,27-33,35H,5-7H2,1-3H3/t9-,10+,11+,12-,13-,14-,15-,16+,17-,18-,19-,20-,22+,23-,24-,25+,26-/m1/s1. The molecule has 13 heteroatoms. The number of hydrogen-bond acceptors (Lipinski definition) is 13. The van der Waals surface area contributed by atoms with Crippen molar-refractivity contribution >= 4 is 5.97 Å². The number of rotatable bonds is 3. The molecular weight excluding hydrogens is 520 g/mol. The largest absolute Gasteiger partial charge is 0.460 e. The van der Waals surface area contributed by atoms with Crippen molar-refractivity contribution < 1.29 is 64.6 Å². The molecule has 8 N–H and O–H groups in total. The lowest BCUT2D eigenvalue weighted by molar-refractivity contribution is -0.362. The summed E-state index contributed by atoms with van der Waals surface area (Å²) in [6.45, 7) is 4.35. The fourth-order valence-corrected chi connectivity index (χ4v) is 9.24. The van der Waals surface area contributed by atoms with E-state index in [-0.39, 0.29) is 13.0 Å². The van der Waals surface area contributed by atoms with Crippen LogP contribution in [-0.4, -0.2) is 127 Å². The molecule has 0 radical (unpaired) electrons. The summed E-state index contributed by atoms with van der Waals surface area (Å²) in [6, 6.07) is 0. The predicted molar refractivity (Wildman–Crippen MR) is 126 cm³/mol. The Labute approximate surface area is 224 Å². The van der Waals surface area contributed by atoms with E-state index in [9.17, 15) is 45.6 Å². The summed E-state index contributed by atoms with van der Waals surface area (Å²) in [5.74, 6) is -6.01. The fourth-order valence-electron chi connectivity index (χ4n) is 9.24. The van der Waals surface area contributed by atoms with Gasteiger partial charge in [-0.2, -0.15) is 0 Å². The van der Waals surface area contributed by atoms with Gasteiger partial charge in [-0.3, -0.25) is 0 Å². The van der Waals surface area contributed by atoms with Crippen molar-refractivity contribution in [3.8, 4) is 0 Å². The van der Waals surface area contributed by atoms with E-state index in [1.165, 1.54) is 0 Å². The summed E-state index contributed by atoms with van der Waals surface area (Å²) >= 11 is 0. The minimum atomic E-state index is -2.13. The molecule has 5 fully saturated rings. The Morgan fingerprint density at radius 3 is 2.44 bits per heavy atom. The van der Waals surface area contributed by atoms with Gasteiger partial charge in [0.1, 0.15) is 36.6 Å². The maximum absolute atomic E-state index is 13.5. The molecule has 39 heavy (non-hydrogen) atoms. The van der Waals surface area contributed by atoms with Gasteiger partial charge in [-0.25, -0.2) is 4.79 Å². The average molecular weight is 559 g/mol. The number of carbonyl (C=O) groups is 1. The first kappa shape index (κ1) is 27.9. The van der Waals surface area contributed by atoms with E-state index >= 15 is 0 Å². The highest BCUT2D eigenvalue weighted by atomic mass is 16.7. The maximum atomic E-state index is 13.5. The Morgan fingerprint density at radius 2 is 1.77 bits per heavy atom. The number of fused-ring (bicyclic) bond motifs is 1. The molecule has 13 nitrogen and oxygen atoms in total. The zero-order valence-electron chi connectivity index (χ0n) is 21.9. The van der Waals surface area contributed by atoms with Crippen LogP contribution in [0.15, 0.2) is 11.6 Å². The molecule has 0 aromatic carbocycles. The second-order valence-corrected chi connectivity index (χ2v) is 12.6. The Balaban J connectivity index is 1.45. The lowest BCUT2D eigenvalue weighted by Crippen LogP contribution is -2.78. The van der Waals surface area contributed by atoms with Gasteiger partial charge in [0, 0.05) is 22.7 Å². The number of hydrogen-bond donors (Lipinski definition) is 8. The summed E-state index contributed by atoms with van der Waals surface area (Å²) in [4.78, 5) is 13.5. The van der Waals surface area contributed by atoms with Crippen LogP contribution < -0.4 is 0 Å². The Bertz CT molecular complexity index is 1050. The van der Waals surface area contributed by atoms with Gasteiger partial charge in [-0.1, -0.05) is 25.5 Å². The van der Waals surface area contributed by atoms with Crippen LogP contribution in [-0.2, 0) is 23.7 Å². The van der Waals surface area contributed by atoms with E-state index in [0.717, 1.165) is 5.57 Å². The zero-order valence-corrected chi connectivity index (χ0v) is 21.9. The molecule has 2 saturated carbocycles.